The molecule has 0 N–H and O–H groups in total. The average molecular weight is 416 g/mol. The van der Waals surface area contributed by atoms with Gasteiger partial charge in [0.1, 0.15) is 12.1 Å². The summed E-state index contributed by atoms with van der Waals surface area (Å²) in [5, 5.41) is 0. The first kappa shape index (κ1) is 20.6. The highest BCUT2D eigenvalue weighted by Gasteiger charge is 2.50. The molecule has 1 aliphatic rings. The number of cyclic esters (lactones) is 1. The van der Waals surface area contributed by atoms with E-state index in [1.54, 1.807) is 13.1 Å². The Morgan fingerprint density at radius 2 is 1.81 bits per heavy atom. The third kappa shape index (κ3) is 4.28. The van der Waals surface area contributed by atoms with Crippen LogP contribution >= 0.6 is 0 Å². The fourth-order valence-electron chi connectivity index (χ4n) is 3.70. The molecule has 0 radical (unpaired) electrons. The fourth-order valence-corrected chi connectivity index (χ4v) is 3.70. The predicted molar refractivity (Wildman–Crippen MR) is 116 cm³/mol. The molecule has 2 heterocycles. The fraction of sp³-hybridized carbons (Fsp3) is 0.240. The van der Waals surface area contributed by atoms with Crippen LogP contribution in [0.3, 0.4) is 0 Å². The summed E-state index contributed by atoms with van der Waals surface area (Å²) in [6.07, 6.45) is 1.45. The number of aryl methyl sites for hydroxylation is 1. The third-order valence-corrected chi connectivity index (χ3v) is 5.58. The van der Waals surface area contributed by atoms with E-state index in [1.165, 1.54) is 4.90 Å². The van der Waals surface area contributed by atoms with Crippen molar-refractivity contribution in [1.29, 1.82) is 0 Å². The third-order valence-electron chi connectivity index (χ3n) is 5.58. The monoisotopic (exact) mass is 416 g/mol. The van der Waals surface area contributed by atoms with Crippen molar-refractivity contribution in [1.82, 2.24) is 9.88 Å². The SMILES string of the molecule is Cc1ccccc1-c1ccc(C[C@@]2(C)C(=O)OCN2C(=O)OCc2ccccc2)cn1. The van der Waals surface area contributed by atoms with Gasteiger partial charge < -0.3 is 9.47 Å². The van der Waals surface area contributed by atoms with Gasteiger partial charge in [0.25, 0.3) is 0 Å². The molecular formula is C25H24N2O4. The Morgan fingerprint density at radius 3 is 2.52 bits per heavy atom. The predicted octanol–water partition coefficient (Wildman–Crippen LogP) is 4.51. The van der Waals surface area contributed by atoms with E-state index in [4.69, 9.17) is 9.47 Å². The lowest BCUT2D eigenvalue weighted by molar-refractivity contribution is -0.142. The topological polar surface area (TPSA) is 68.7 Å². The van der Waals surface area contributed by atoms with Gasteiger partial charge in [0.15, 0.2) is 6.73 Å². The Kier molecular flexibility index (Phi) is 5.71. The molecule has 1 fully saturated rings. The maximum absolute atomic E-state index is 12.7. The van der Waals surface area contributed by atoms with Crippen molar-refractivity contribution in [3.05, 3.63) is 89.6 Å². The highest BCUT2D eigenvalue weighted by molar-refractivity contribution is 5.88. The number of rotatable bonds is 5. The smallest absolute Gasteiger partial charge is 0.413 e. The molecule has 158 valence electrons. The van der Waals surface area contributed by atoms with Gasteiger partial charge in [-0.1, -0.05) is 60.7 Å². The van der Waals surface area contributed by atoms with Gasteiger partial charge in [0, 0.05) is 18.2 Å². The number of carbonyl (C=O) groups excluding carboxylic acids is 2. The molecule has 2 aromatic carbocycles. The van der Waals surface area contributed by atoms with E-state index in [2.05, 4.69) is 4.98 Å². The summed E-state index contributed by atoms with van der Waals surface area (Å²) in [5.41, 5.74) is 3.62. The van der Waals surface area contributed by atoms with Crippen LogP contribution < -0.4 is 0 Å². The van der Waals surface area contributed by atoms with Crippen LogP contribution in [0, 0.1) is 6.92 Å². The normalized spacial score (nSPS) is 18.0. The standard InChI is InChI=1S/C25H24N2O4/c1-18-8-6-7-11-21(18)22-13-12-20(15-26-22)14-25(2)23(28)31-17-27(25)24(29)30-16-19-9-4-3-5-10-19/h3-13,15H,14,16-17H2,1-2H3/t25-/m0/s1. The highest BCUT2D eigenvalue weighted by Crippen LogP contribution is 2.30. The maximum atomic E-state index is 12.7. The molecule has 6 heteroatoms. The van der Waals surface area contributed by atoms with E-state index >= 15 is 0 Å². The molecule has 3 aromatic rings. The zero-order chi connectivity index (χ0) is 21.8. The molecule has 31 heavy (non-hydrogen) atoms. The molecule has 4 rings (SSSR count). The second-order valence-corrected chi connectivity index (χ2v) is 7.85. The molecule has 0 saturated carbocycles. The quantitative estimate of drug-likeness (QED) is 0.573. The first-order valence-electron chi connectivity index (χ1n) is 10.1. The minimum atomic E-state index is -1.15. The van der Waals surface area contributed by atoms with Crippen LogP contribution in [0.1, 0.15) is 23.6 Å². The lowest BCUT2D eigenvalue weighted by atomic mass is 9.92. The van der Waals surface area contributed by atoms with Gasteiger partial charge >= 0.3 is 12.1 Å². The molecule has 6 nitrogen and oxygen atoms in total. The van der Waals surface area contributed by atoms with Gasteiger partial charge in [-0.25, -0.2) is 9.59 Å². The summed E-state index contributed by atoms with van der Waals surface area (Å²) in [5.74, 6) is -0.452. The summed E-state index contributed by atoms with van der Waals surface area (Å²) < 4.78 is 10.6. The molecule has 0 bridgehead atoms. The summed E-state index contributed by atoms with van der Waals surface area (Å²) in [7, 11) is 0. The van der Waals surface area contributed by atoms with Crippen LogP contribution in [0.5, 0.6) is 0 Å². The van der Waals surface area contributed by atoms with Crippen molar-refractivity contribution in [2.45, 2.75) is 32.4 Å². The van der Waals surface area contributed by atoms with Crippen LogP contribution in [-0.2, 0) is 27.3 Å². The van der Waals surface area contributed by atoms with Gasteiger partial charge in [-0.3, -0.25) is 9.88 Å². The summed E-state index contributed by atoms with van der Waals surface area (Å²) in [6.45, 7) is 3.74. The number of hydrogen-bond acceptors (Lipinski definition) is 5. The number of carbonyl (C=O) groups is 2. The van der Waals surface area contributed by atoms with Crippen LogP contribution in [0.25, 0.3) is 11.3 Å². The van der Waals surface area contributed by atoms with Gasteiger partial charge in [-0.15, -0.1) is 0 Å². The number of esters is 1. The van der Waals surface area contributed by atoms with E-state index in [-0.39, 0.29) is 19.8 Å². The van der Waals surface area contributed by atoms with Crippen molar-refractivity contribution >= 4 is 12.1 Å². The molecule has 1 aromatic heterocycles. The second kappa shape index (κ2) is 8.60. The molecule has 1 atom stereocenters. The van der Waals surface area contributed by atoms with Gasteiger partial charge in [0.05, 0.1) is 5.69 Å². The summed E-state index contributed by atoms with van der Waals surface area (Å²) in [6, 6.07) is 21.3. The second-order valence-electron chi connectivity index (χ2n) is 7.85. The Bertz CT molecular complexity index is 1080. The zero-order valence-corrected chi connectivity index (χ0v) is 17.6. The van der Waals surface area contributed by atoms with E-state index in [0.717, 1.165) is 27.9 Å². The van der Waals surface area contributed by atoms with Crippen LogP contribution in [0.2, 0.25) is 0 Å². The Balaban J connectivity index is 1.48. The molecule has 1 saturated heterocycles. The first-order valence-corrected chi connectivity index (χ1v) is 10.1. The van der Waals surface area contributed by atoms with Crippen molar-refractivity contribution in [3.8, 4) is 11.3 Å². The zero-order valence-electron chi connectivity index (χ0n) is 17.6. The van der Waals surface area contributed by atoms with Gasteiger partial charge in [-0.05, 0) is 36.6 Å². The van der Waals surface area contributed by atoms with Crippen LogP contribution in [0.15, 0.2) is 72.9 Å². The Labute approximate surface area is 181 Å². The summed E-state index contributed by atoms with van der Waals surface area (Å²) >= 11 is 0. The lowest BCUT2D eigenvalue weighted by Crippen LogP contribution is -2.50. The van der Waals surface area contributed by atoms with Crippen LogP contribution in [0.4, 0.5) is 4.79 Å². The minimum Gasteiger partial charge on any atom is -0.444 e. The van der Waals surface area contributed by atoms with E-state index in [9.17, 15) is 9.59 Å². The number of ether oxygens (including phenoxy) is 2. The van der Waals surface area contributed by atoms with Crippen molar-refractivity contribution in [2.75, 3.05) is 6.73 Å². The average Bonchev–Trinajstić information content (AvgIpc) is 3.08. The van der Waals surface area contributed by atoms with E-state index < -0.39 is 17.6 Å². The van der Waals surface area contributed by atoms with Crippen LogP contribution in [-0.4, -0.2) is 34.2 Å². The lowest BCUT2D eigenvalue weighted by Gasteiger charge is -2.29. The van der Waals surface area contributed by atoms with Crippen molar-refractivity contribution < 1.29 is 19.1 Å². The number of amides is 1. The van der Waals surface area contributed by atoms with E-state index in [1.807, 2.05) is 73.7 Å². The molecule has 0 spiro atoms. The van der Waals surface area contributed by atoms with Gasteiger partial charge in [-0.2, -0.15) is 0 Å². The summed E-state index contributed by atoms with van der Waals surface area (Å²) in [4.78, 5) is 31.1. The molecule has 0 aliphatic carbocycles. The Hall–Kier alpha value is -3.67. The highest BCUT2D eigenvalue weighted by atomic mass is 16.6. The Morgan fingerprint density at radius 1 is 1.06 bits per heavy atom. The number of benzene rings is 2. The van der Waals surface area contributed by atoms with Crippen molar-refractivity contribution in [3.63, 3.8) is 0 Å². The minimum absolute atomic E-state index is 0.127. The molecule has 0 unspecified atom stereocenters. The molecular weight excluding hydrogens is 392 g/mol. The van der Waals surface area contributed by atoms with Gasteiger partial charge in [0.2, 0.25) is 0 Å². The maximum Gasteiger partial charge on any atom is 0.413 e. The number of pyridine rings is 1. The number of hydrogen-bond donors (Lipinski definition) is 0. The van der Waals surface area contributed by atoms with E-state index in [0.29, 0.717) is 0 Å². The molecule has 1 aliphatic heterocycles. The van der Waals surface area contributed by atoms with Crippen molar-refractivity contribution in [2.24, 2.45) is 0 Å². The largest absolute Gasteiger partial charge is 0.444 e. The molecule has 1 amide bonds. The number of nitrogens with zero attached hydrogens (tertiary/aromatic N) is 2. The number of aromatic nitrogens is 1. The first-order chi connectivity index (χ1) is 15.0.